The van der Waals surface area contributed by atoms with E-state index in [-0.39, 0.29) is 36.2 Å². The molecule has 0 aliphatic rings. The first-order valence-electron chi connectivity index (χ1n) is 17.4. The second kappa shape index (κ2) is 15.6. The lowest BCUT2D eigenvalue weighted by Gasteiger charge is -2.43. The number of rotatable bonds is 13. The van der Waals surface area contributed by atoms with Gasteiger partial charge in [0.15, 0.2) is 5.76 Å². The lowest BCUT2D eigenvalue weighted by atomic mass is 9.92. The maximum atomic E-state index is 14.3. The van der Waals surface area contributed by atoms with Crippen LogP contribution in [0.3, 0.4) is 0 Å². The van der Waals surface area contributed by atoms with E-state index in [1.54, 1.807) is 6.92 Å². The summed E-state index contributed by atoms with van der Waals surface area (Å²) >= 11 is 0. The topological polar surface area (TPSA) is 78.6 Å². The molecular weight excluding hydrogens is 651 g/mol. The molecule has 1 aromatic heterocycles. The molecule has 6 nitrogen and oxygen atoms in total. The van der Waals surface area contributed by atoms with Gasteiger partial charge in [0.05, 0.1) is 13.0 Å². The van der Waals surface area contributed by atoms with Gasteiger partial charge in [-0.05, 0) is 46.5 Å². The molecule has 0 radical (unpaired) electrons. The normalized spacial score (nSPS) is 12.2. The van der Waals surface area contributed by atoms with Crippen LogP contribution in [0.4, 0.5) is 0 Å². The Balaban J connectivity index is 1.37. The van der Waals surface area contributed by atoms with Crippen molar-refractivity contribution >= 4 is 30.4 Å². The molecule has 7 heteroatoms. The van der Waals surface area contributed by atoms with Crippen LogP contribution in [0.2, 0.25) is 5.04 Å². The van der Waals surface area contributed by atoms with E-state index in [1.165, 1.54) is 0 Å². The second-order valence-corrected chi connectivity index (χ2v) is 17.8. The summed E-state index contributed by atoms with van der Waals surface area (Å²) in [6, 6.07) is 48.1. The number of esters is 1. The molecule has 0 aliphatic heterocycles. The fraction of sp³-hybridized carbons (Fsp3) is 0.205. The van der Waals surface area contributed by atoms with E-state index >= 15 is 0 Å². The zero-order valence-corrected chi connectivity index (χ0v) is 30.5. The third-order valence-corrected chi connectivity index (χ3v) is 14.0. The molecule has 0 aliphatic carbocycles. The highest BCUT2D eigenvalue weighted by atomic mass is 28.4. The van der Waals surface area contributed by atoms with E-state index < -0.39 is 20.2 Å². The second-order valence-electron chi connectivity index (χ2n) is 13.6. The first-order chi connectivity index (χ1) is 24.7. The van der Waals surface area contributed by atoms with E-state index in [2.05, 4.69) is 69.3 Å². The Labute approximate surface area is 301 Å². The van der Waals surface area contributed by atoms with Crippen molar-refractivity contribution in [2.75, 3.05) is 6.61 Å². The number of aromatic nitrogens is 1. The van der Waals surface area contributed by atoms with Crippen molar-refractivity contribution in [1.29, 1.82) is 0 Å². The lowest BCUT2D eigenvalue weighted by Crippen LogP contribution is -2.68. The average Bonchev–Trinajstić information content (AvgIpc) is 3.60. The minimum Gasteiger partial charge on any atom is -0.534 e. The molecule has 1 atom stereocenters. The van der Waals surface area contributed by atoms with Gasteiger partial charge in [-0.2, -0.15) is 0 Å². The Morgan fingerprint density at radius 3 is 1.82 bits per heavy atom. The molecule has 1 heterocycles. The number of hydrogen-bond acceptors (Lipinski definition) is 6. The predicted molar refractivity (Wildman–Crippen MR) is 205 cm³/mol. The number of Topliss-reactive ketones (excluding diaryl/α,β-unsaturated/α-hetero) is 1. The maximum absolute atomic E-state index is 14.3. The fourth-order valence-electron chi connectivity index (χ4n) is 6.70. The zero-order valence-electron chi connectivity index (χ0n) is 29.5. The van der Waals surface area contributed by atoms with Gasteiger partial charge >= 0.3 is 14.3 Å². The minimum absolute atomic E-state index is 0.0401. The van der Waals surface area contributed by atoms with Crippen molar-refractivity contribution in [3.63, 3.8) is 0 Å². The largest absolute Gasteiger partial charge is 0.534 e. The quantitative estimate of drug-likeness (QED) is 0.0683. The van der Waals surface area contributed by atoms with E-state index in [0.717, 1.165) is 27.1 Å². The molecule has 0 amide bonds. The van der Waals surface area contributed by atoms with Gasteiger partial charge in [0.25, 0.3) is 5.89 Å². The Morgan fingerprint density at radius 2 is 1.27 bits per heavy atom. The summed E-state index contributed by atoms with van der Waals surface area (Å²) in [5, 5.41) is 2.10. The fourth-order valence-corrected chi connectivity index (χ4v) is 11.1. The molecule has 6 aromatic rings. The van der Waals surface area contributed by atoms with Crippen molar-refractivity contribution < 1.29 is 23.2 Å². The molecule has 258 valence electrons. The smallest absolute Gasteiger partial charge is 0.319 e. The van der Waals surface area contributed by atoms with Gasteiger partial charge in [-0.3, -0.25) is 9.59 Å². The highest BCUT2D eigenvalue weighted by Crippen LogP contribution is 2.38. The summed E-state index contributed by atoms with van der Waals surface area (Å²) in [6.45, 7) is 8.69. The first kappa shape index (κ1) is 35.3. The van der Waals surface area contributed by atoms with Gasteiger partial charge in [-0.25, -0.2) is 4.98 Å². The summed E-state index contributed by atoms with van der Waals surface area (Å²) in [4.78, 5) is 32.0. The monoisotopic (exact) mass is 693 g/mol. The number of hydrogen-bond donors (Lipinski definition) is 0. The van der Waals surface area contributed by atoms with Gasteiger partial charge in [-0.1, -0.05) is 154 Å². The van der Waals surface area contributed by atoms with Crippen LogP contribution in [0, 0.1) is 5.92 Å². The van der Waals surface area contributed by atoms with E-state index in [1.807, 2.05) is 97.1 Å². The number of oxazole rings is 1. The molecule has 5 aromatic carbocycles. The number of benzene rings is 5. The summed E-state index contributed by atoms with van der Waals surface area (Å²) in [5.41, 5.74) is 3.05. The standard InChI is InChI=1S/C44H43NO5Si/c1-5-48-39(46)31-35(41(47)43-45-40(33-20-10-6-11-21-33)42(49-43)34-22-12-7-13-23-34)29-32-19-18-24-36(30-32)50-51(44(2,3)4,37-25-14-8-15-26-37)38-27-16-9-17-28-38/h6-28,30,35H,5,29,31H2,1-4H3. The molecule has 0 saturated carbocycles. The zero-order chi connectivity index (χ0) is 35.8. The van der Waals surface area contributed by atoms with Crippen LogP contribution in [0.1, 0.15) is 50.4 Å². The molecule has 0 spiro atoms. The maximum Gasteiger partial charge on any atom is 0.319 e. The highest BCUT2D eigenvalue weighted by molar-refractivity contribution is 7.00. The molecule has 0 saturated heterocycles. The third-order valence-electron chi connectivity index (χ3n) is 9.08. The van der Waals surface area contributed by atoms with Crippen molar-refractivity contribution in [3.8, 4) is 28.3 Å². The van der Waals surface area contributed by atoms with Crippen molar-refractivity contribution in [2.45, 2.75) is 45.6 Å². The minimum atomic E-state index is -2.90. The third kappa shape index (κ3) is 7.79. The van der Waals surface area contributed by atoms with Crippen LogP contribution < -0.4 is 14.8 Å². The lowest BCUT2D eigenvalue weighted by molar-refractivity contribution is -0.143. The van der Waals surface area contributed by atoms with E-state index in [4.69, 9.17) is 18.6 Å². The SMILES string of the molecule is CCOC(=O)CC(Cc1cccc(O[Si](c2ccccc2)(c2ccccc2)C(C)(C)C)c1)C(=O)c1nc(-c2ccccc2)c(-c2ccccc2)o1. The van der Waals surface area contributed by atoms with Gasteiger partial charge in [0, 0.05) is 17.0 Å². The summed E-state index contributed by atoms with van der Waals surface area (Å²) in [6.07, 6.45) is 0.148. The van der Waals surface area contributed by atoms with Crippen molar-refractivity contribution in [2.24, 2.45) is 5.92 Å². The molecule has 6 rings (SSSR count). The van der Waals surface area contributed by atoms with Crippen LogP contribution in [0.5, 0.6) is 5.75 Å². The molecule has 1 unspecified atom stereocenters. The predicted octanol–water partition coefficient (Wildman–Crippen LogP) is 8.94. The van der Waals surface area contributed by atoms with E-state index in [0.29, 0.717) is 17.2 Å². The molecule has 51 heavy (non-hydrogen) atoms. The van der Waals surface area contributed by atoms with Crippen LogP contribution in [0.15, 0.2) is 150 Å². The molecule has 0 bridgehead atoms. The van der Waals surface area contributed by atoms with Gasteiger partial charge in [-0.15, -0.1) is 0 Å². The average molecular weight is 694 g/mol. The summed E-state index contributed by atoms with van der Waals surface area (Å²) < 4.78 is 18.9. The number of carbonyl (C=O) groups is 2. The van der Waals surface area contributed by atoms with Crippen LogP contribution in [0.25, 0.3) is 22.6 Å². The van der Waals surface area contributed by atoms with Crippen molar-refractivity contribution in [3.05, 3.63) is 157 Å². The van der Waals surface area contributed by atoms with Crippen molar-refractivity contribution in [1.82, 2.24) is 4.98 Å². The number of ketones is 1. The van der Waals surface area contributed by atoms with E-state index in [9.17, 15) is 9.59 Å². The first-order valence-corrected chi connectivity index (χ1v) is 19.3. The number of nitrogens with zero attached hydrogens (tertiary/aromatic N) is 1. The van der Waals surface area contributed by atoms with Crippen LogP contribution in [-0.4, -0.2) is 31.7 Å². The Morgan fingerprint density at radius 1 is 0.725 bits per heavy atom. The molecule has 0 N–H and O–H groups in total. The van der Waals surface area contributed by atoms with Gasteiger partial charge in [0.2, 0.25) is 5.78 Å². The highest BCUT2D eigenvalue weighted by Gasteiger charge is 2.52. The molecular formula is C44H43NO5Si. The number of ether oxygens (including phenoxy) is 1. The van der Waals surface area contributed by atoms with Gasteiger partial charge < -0.3 is 13.6 Å². The summed E-state index contributed by atoms with van der Waals surface area (Å²) in [5.74, 6) is -0.423. The Kier molecular flexibility index (Phi) is 10.8. The van der Waals surface area contributed by atoms with Crippen LogP contribution >= 0.6 is 0 Å². The summed E-state index contributed by atoms with van der Waals surface area (Å²) in [7, 11) is -2.90. The van der Waals surface area contributed by atoms with Gasteiger partial charge in [0.1, 0.15) is 11.4 Å². The molecule has 0 fully saturated rings. The number of carbonyl (C=O) groups excluding carboxylic acids is 2. The van der Waals surface area contributed by atoms with Crippen LogP contribution in [-0.2, 0) is 16.0 Å². The Bertz CT molecular complexity index is 1960. The Hall–Kier alpha value is -5.53.